The van der Waals surface area contributed by atoms with E-state index in [1.54, 1.807) is 0 Å². The molecule has 49 heavy (non-hydrogen) atoms. The third-order valence-corrected chi connectivity index (χ3v) is 6.38. The number of carbonyl (C=O) groups is 7. The average Bonchev–Trinajstić information content (AvgIpc) is 2.98. The Morgan fingerprint density at radius 2 is 1.16 bits per heavy atom. The van der Waals surface area contributed by atoms with Crippen LogP contribution >= 0.6 is 0 Å². The minimum absolute atomic E-state index is 0.0104. The molecule has 1 aliphatic rings. The summed E-state index contributed by atoms with van der Waals surface area (Å²) in [6.45, 7) is 6.47. The lowest BCUT2D eigenvalue weighted by atomic mass is 9.98. The van der Waals surface area contributed by atoms with E-state index in [9.17, 15) is 33.6 Å². The number of benzene rings is 1. The van der Waals surface area contributed by atoms with Crippen molar-refractivity contribution in [3.63, 3.8) is 0 Å². The summed E-state index contributed by atoms with van der Waals surface area (Å²) < 4.78 is 60.1. The highest BCUT2D eigenvalue weighted by Crippen LogP contribution is 2.42. The van der Waals surface area contributed by atoms with Gasteiger partial charge >= 0.3 is 41.8 Å². The first kappa shape index (κ1) is 40.2. The van der Waals surface area contributed by atoms with Gasteiger partial charge in [0, 0.05) is 54.0 Å². The molecule has 1 aliphatic heterocycles. The number of carbonyl (C=O) groups excluding carboxylic acids is 7. The van der Waals surface area contributed by atoms with Crippen LogP contribution in [0.15, 0.2) is 12.1 Å². The molecule has 0 amide bonds. The highest BCUT2D eigenvalue weighted by molar-refractivity contribution is 5.73. The number of ether oxygens (including phenoxy) is 11. The Morgan fingerprint density at radius 3 is 1.61 bits per heavy atom. The number of methoxy groups -OCH3 is 2. The second-order valence-corrected chi connectivity index (χ2v) is 10.4. The van der Waals surface area contributed by atoms with Crippen molar-refractivity contribution in [2.45, 2.75) is 91.4 Å². The fourth-order valence-electron chi connectivity index (χ4n) is 4.76. The van der Waals surface area contributed by atoms with E-state index in [1.165, 1.54) is 26.4 Å². The SMILES string of the molecule is COc1cc([C@H](OC(C)=O)[C@H](CO[C@@H]2O[C@H](COC(C)=O)[C@@H](OC(C)=O)[C@H](OC(C)=O)[C@H]2OC(C)=O)OC(C)=O)cc(OC)c1OC(C)=O. The molecule has 0 bridgehead atoms. The summed E-state index contributed by atoms with van der Waals surface area (Å²) in [5.41, 5.74) is 0.135. The Labute approximate surface area is 281 Å². The zero-order valence-corrected chi connectivity index (χ0v) is 28.5. The van der Waals surface area contributed by atoms with Gasteiger partial charge in [-0.25, -0.2) is 0 Å². The highest BCUT2D eigenvalue weighted by Gasteiger charge is 2.53. The summed E-state index contributed by atoms with van der Waals surface area (Å²) in [6.07, 6.45) is -10.4. The molecule has 1 saturated heterocycles. The van der Waals surface area contributed by atoms with Crippen molar-refractivity contribution in [2.24, 2.45) is 0 Å². The van der Waals surface area contributed by atoms with Gasteiger partial charge < -0.3 is 52.1 Å². The number of esters is 7. The maximum Gasteiger partial charge on any atom is 0.308 e. The molecule has 0 N–H and O–H groups in total. The molecular formula is C31H40O18. The van der Waals surface area contributed by atoms with Gasteiger partial charge in [0.05, 0.1) is 20.8 Å². The molecule has 1 aromatic carbocycles. The second-order valence-electron chi connectivity index (χ2n) is 10.4. The third-order valence-electron chi connectivity index (χ3n) is 6.38. The van der Waals surface area contributed by atoms with Crippen LogP contribution in [0.4, 0.5) is 0 Å². The molecule has 0 aliphatic carbocycles. The van der Waals surface area contributed by atoms with E-state index in [4.69, 9.17) is 52.1 Å². The van der Waals surface area contributed by atoms with Crippen LogP contribution in [0.1, 0.15) is 60.1 Å². The molecule has 272 valence electrons. The van der Waals surface area contributed by atoms with Gasteiger partial charge in [0.2, 0.25) is 5.75 Å². The van der Waals surface area contributed by atoms with Crippen molar-refractivity contribution < 1.29 is 85.7 Å². The van der Waals surface area contributed by atoms with Crippen LogP contribution in [0.25, 0.3) is 0 Å². The van der Waals surface area contributed by atoms with Gasteiger partial charge in [-0.05, 0) is 12.1 Å². The summed E-state index contributed by atoms with van der Waals surface area (Å²) in [5.74, 6) is -5.72. The van der Waals surface area contributed by atoms with Crippen LogP contribution in [0.3, 0.4) is 0 Å². The van der Waals surface area contributed by atoms with Crippen molar-refractivity contribution in [1.82, 2.24) is 0 Å². The van der Waals surface area contributed by atoms with Gasteiger partial charge in [0.25, 0.3) is 0 Å². The second kappa shape index (κ2) is 18.5. The summed E-state index contributed by atoms with van der Waals surface area (Å²) >= 11 is 0. The highest BCUT2D eigenvalue weighted by atomic mass is 16.7. The Balaban J connectivity index is 2.64. The first-order valence-corrected chi connectivity index (χ1v) is 14.7. The van der Waals surface area contributed by atoms with E-state index < -0.39 is 97.9 Å². The number of rotatable bonds is 15. The molecule has 1 heterocycles. The van der Waals surface area contributed by atoms with Crippen molar-refractivity contribution in [1.29, 1.82) is 0 Å². The summed E-state index contributed by atoms with van der Waals surface area (Å²) in [6, 6.07) is 2.69. The molecule has 18 nitrogen and oxygen atoms in total. The van der Waals surface area contributed by atoms with Gasteiger partial charge in [-0.15, -0.1) is 0 Å². The number of hydrogen-bond donors (Lipinski definition) is 0. The van der Waals surface area contributed by atoms with Gasteiger partial charge in [-0.3, -0.25) is 33.6 Å². The summed E-state index contributed by atoms with van der Waals surface area (Å²) in [4.78, 5) is 84.3. The molecule has 1 fully saturated rings. The molecule has 18 heteroatoms. The Bertz CT molecular complexity index is 1360. The third kappa shape index (κ3) is 12.2. The van der Waals surface area contributed by atoms with E-state index in [2.05, 4.69) is 0 Å². The molecule has 7 atom stereocenters. The molecule has 0 spiro atoms. The monoisotopic (exact) mass is 700 g/mol. The molecule has 2 rings (SSSR count). The van der Waals surface area contributed by atoms with Crippen molar-refractivity contribution in [2.75, 3.05) is 27.4 Å². The fraction of sp³-hybridized carbons (Fsp3) is 0.581. The molecule has 1 aromatic rings. The fourth-order valence-corrected chi connectivity index (χ4v) is 4.76. The molecule has 0 unspecified atom stereocenters. The average molecular weight is 701 g/mol. The lowest BCUT2D eigenvalue weighted by molar-refractivity contribution is -0.312. The van der Waals surface area contributed by atoms with Crippen LogP contribution in [0.2, 0.25) is 0 Å². The topological polar surface area (TPSA) is 221 Å². The van der Waals surface area contributed by atoms with Crippen LogP contribution in [0.5, 0.6) is 17.2 Å². The summed E-state index contributed by atoms with van der Waals surface area (Å²) in [5, 5.41) is 0. The zero-order valence-electron chi connectivity index (χ0n) is 28.5. The van der Waals surface area contributed by atoms with Crippen molar-refractivity contribution in [3.05, 3.63) is 17.7 Å². The van der Waals surface area contributed by atoms with Crippen LogP contribution in [-0.2, 0) is 71.5 Å². The van der Waals surface area contributed by atoms with Crippen molar-refractivity contribution >= 4 is 41.8 Å². The lowest BCUT2D eigenvalue weighted by Gasteiger charge is -2.44. The number of hydrogen-bond acceptors (Lipinski definition) is 18. The summed E-state index contributed by atoms with van der Waals surface area (Å²) in [7, 11) is 2.56. The first-order valence-electron chi connectivity index (χ1n) is 14.7. The maximum atomic E-state index is 12.3. The van der Waals surface area contributed by atoms with Gasteiger partial charge in [-0.2, -0.15) is 0 Å². The lowest BCUT2D eigenvalue weighted by Crippen LogP contribution is -2.63. The minimum atomic E-state index is -1.65. The molecule has 0 saturated carbocycles. The molecule has 0 aromatic heterocycles. The predicted octanol–water partition coefficient (Wildman–Crippen LogP) is 1.26. The van der Waals surface area contributed by atoms with Gasteiger partial charge in [-0.1, -0.05) is 0 Å². The van der Waals surface area contributed by atoms with E-state index in [-0.39, 0.29) is 22.8 Å². The quantitative estimate of drug-likeness (QED) is 0.143. The standard InChI is InChI=1S/C31H40O18/c1-14(32)41-12-25-28(46-18(5)36)29(47-19(6)37)30(48-20(7)38)31(49-25)42-13-24(43-15(2)33)26(44-16(3)34)21-10-22(39-8)27(45-17(4)35)23(11-21)40-9/h10-11,24-26,28-31H,12-13H2,1-9H3/t24-,25+,26-,28+,29-,30+,31+/m0/s1. The molecule has 0 radical (unpaired) electrons. The maximum absolute atomic E-state index is 12.3. The normalized spacial score (nSPS) is 21.1. The van der Waals surface area contributed by atoms with Crippen LogP contribution in [-0.4, -0.2) is 106 Å². The van der Waals surface area contributed by atoms with Crippen LogP contribution < -0.4 is 14.2 Å². The molecular weight excluding hydrogens is 660 g/mol. The zero-order chi connectivity index (χ0) is 37.0. The van der Waals surface area contributed by atoms with E-state index >= 15 is 0 Å². The van der Waals surface area contributed by atoms with E-state index in [0.29, 0.717) is 0 Å². The first-order chi connectivity index (χ1) is 23.0. The van der Waals surface area contributed by atoms with Gasteiger partial charge in [0.1, 0.15) is 12.7 Å². The van der Waals surface area contributed by atoms with Crippen LogP contribution in [0, 0.1) is 0 Å². The smallest absolute Gasteiger partial charge is 0.308 e. The van der Waals surface area contributed by atoms with Crippen molar-refractivity contribution in [3.8, 4) is 17.2 Å². The Hall–Kier alpha value is -4.97. The van der Waals surface area contributed by atoms with E-state index in [0.717, 1.165) is 48.5 Å². The predicted molar refractivity (Wildman–Crippen MR) is 159 cm³/mol. The largest absolute Gasteiger partial charge is 0.493 e. The van der Waals surface area contributed by atoms with Gasteiger partial charge in [0.15, 0.2) is 48.3 Å². The minimum Gasteiger partial charge on any atom is -0.493 e. The van der Waals surface area contributed by atoms with E-state index in [1.807, 2.05) is 0 Å². The Kier molecular flexibility index (Phi) is 15.2. The Morgan fingerprint density at radius 1 is 0.653 bits per heavy atom.